The summed E-state index contributed by atoms with van der Waals surface area (Å²) >= 11 is 3.07. The molecule has 0 radical (unpaired) electrons. The van der Waals surface area contributed by atoms with Crippen molar-refractivity contribution in [3.8, 4) is 0 Å². The molecule has 0 bridgehead atoms. The van der Waals surface area contributed by atoms with E-state index in [4.69, 9.17) is 0 Å². The molecule has 152 valence electrons. The maximum atomic E-state index is 13.3. The van der Waals surface area contributed by atoms with Crippen molar-refractivity contribution in [2.45, 2.75) is 64.2 Å². The zero-order chi connectivity index (χ0) is 20.6. The number of aromatic nitrogens is 2. The zero-order valence-corrected chi connectivity index (χ0v) is 17.6. The smallest absolute Gasteiger partial charge is 0.347 e. The van der Waals surface area contributed by atoms with E-state index in [1.54, 1.807) is 6.92 Å². The quantitative estimate of drug-likeness (QED) is 0.606. The van der Waals surface area contributed by atoms with Crippen LogP contribution in [0, 0.1) is 6.92 Å². The molecule has 2 atom stereocenters. The Labute approximate surface area is 170 Å². The van der Waals surface area contributed by atoms with Gasteiger partial charge in [-0.15, -0.1) is 0 Å². The van der Waals surface area contributed by atoms with Crippen LogP contribution >= 0.6 is 15.9 Å². The first-order valence-electron chi connectivity index (χ1n) is 9.35. The predicted molar refractivity (Wildman–Crippen MR) is 104 cm³/mol. The third-order valence-electron chi connectivity index (χ3n) is 5.07. The Kier molecular flexibility index (Phi) is 5.89. The summed E-state index contributed by atoms with van der Waals surface area (Å²) in [6.45, 7) is 5.53. The molecule has 4 nitrogen and oxygen atoms in total. The topological polar surface area (TPSA) is 46.9 Å². The second-order valence-electron chi connectivity index (χ2n) is 7.32. The SMILES string of the molecule is CCC(NC(=O)C(C)n1nc(C(F)(F)F)c(Br)c1C1CC1)c1ccc(C)cc1. The van der Waals surface area contributed by atoms with Crippen molar-refractivity contribution < 1.29 is 18.0 Å². The molecular formula is C20H23BrF3N3O. The van der Waals surface area contributed by atoms with Crippen LogP contribution in [0.15, 0.2) is 28.7 Å². The van der Waals surface area contributed by atoms with Gasteiger partial charge in [-0.3, -0.25) is 9.48 Å². The minimum atomic E-state index is -4.57. The van der Waals surface area contributed by atoms with Crippen molar-refractivity contribution in [3.05, 3.63) is 51.3 Å². The van der Waals surface area contributed by atoms with E-state index >= 15 is 0 Å². The number of nitrogens with zero attached hydrogens (tertiary/aromatic N) is 2. The number of rotatable bonds is 6. The summed E-state index contributed by atoms with van der Waals surface area (Å²) < 4.78 is 41.1. The number of hydrogen-bond donors (Lipinski definition) is 1. The summed E-state index contributed by atoms with van der Waals surface area (Å²) in [5, 5.41) is 6.72. The van der Waals surface area contributed by atoms with Crippen molar-refractivity contribution in [3.63, 3.8) is 0 Å². The maximum absolute atomic E-state index is 13.3. The van der Waals surface area contributed by atoms with Gasteiger partial charge in [0, 0.05) is 5.92 Å². The van der Waals surface area contributed by atoms with Gasteiger partial charge in [0.15, 0.2) is 5.69 Å². The second-order valence-corrected chi connectivity index (χ2v) is 8.11. The van der Waals surface area contributed by atoms with E-state index in [9.17, 15) is 18.0 Å². The highest BCUT2D eigenvalue weighted by Gasteiger charge is 2.43. The Bertz CT molecular complexity index is 857. The lowest BCUT2D eigenvalue weighted by molar-refractivity contribution is -0.142. The van der Waals surface area contributed by atoms with Crippen molar-refractivity contribution in [2.75, 3.05) is 0 Å². The van der Waals surface area contributed by atoms with Crippen LogP contribution in [0.1, 0.15) is 73.6 Å². The van der Waals surface area contributed by atoms with E-state index in [1.165, 1.54) is 4.68 Å². The van der Waals surface area contributed by atoms with Gasteiger partial charge in [-0.05, 0) is 54.6 Å². The van der Waals surface area contributed by atoms with Crippen molar-refractivity contribution in [1.29, 1.82) is 0 Å². The van der Waals surface area contributed by atoms with E-state index in [0.29, 0.717) is 12.1 Å². The van der Waals surface area contributed by atoms with Crippen LogP contribution in [0.25, 0.3) is 0 Å². The van der Waals surface area contributed by atoms with Crippen LogP contribution in [0.4, 0.5) is 13.2 Å². The zero-order valence-electron chi connectivity index (χ0n) is 16.0. The summed E-state index contributed by atoms with van der Waals surface area (Å²) in [4.78, 5) is 12.9. The summed E-state index contributed by atoms with van der Waals surface area (Å²) in [7, 11) is 0. The number of benzene rings is 1. The van der Waals surface area contributed by atoms with Gasteiger partial charge in [-0.25, -0.2) is 0 Å². The normalized spacial score (nSPS) is 16.7. The molecule has 1 saturated carbocycles. The van der Waals surface area contributed by atoms with Gasteiger partial charge in [0.05, 0.1) is 16.2 Å². The Hall–Kier alpha value is -1.83. The Morgan fingerprint density at radius 2 is 1.93 bits per heavy atom. The molecule has 0 aliphatic heterocycles. The molecule has 1 aromatic carbocycles. The van der Waals surface area contributed by atoms with E-state index in [2.05, 4.69) is 26.3 Å². The molecule has 0 saturated heterocycles. The van der Waals surface area contributed by atoms with E-state index in [0.717, 1.165) is 24.0 Å². The Morgan fingerprint density at radius 1 is 1.32 bits per heavy atom. The summed E-state index contributed by atoms with van der Waals surface area (Å²) in [6, 6.07) is 6.80. The van der Waals surface area contributed by atoms with Crippen molar-refractivity contribution in [2.24, 2.45) is 0 Å². The molecule has 1 heterocycles. The Balaban J connectivity index is 1.85. The highest BCUT2D eigenvalue weighted by atomic mass is 79.9. The standard InChI is InChI=1S/C20H23BrF3N3O/c1-4-15(13-7-5-11(2)6-8-13)25-19(28)12(3)27-17(14-9-10-14)16(21)18(26-27)20(22,23)24/h5-8,12,14-15H,4,9-10H2,1-3H3,(H,25,28). The molecule has 2 unspecified atom stereocenters. The van der Waals surface area contributed by atoms with Gasteiger partial charge in [0.1, 0.15) is 6.04 Å². The first-order chi connectivity index (χ1) is 13.1. The van der Waals surface area contributed by atoms with Gasteiger partial charge in [0.25, 0.3) is 0 Å². The fraction of sp³-hybridized carbons (Fsp3) is 0.500. The van der Waals surface area contributed by atoms with E-state index in [1.807, 2.05) is 38.1 Å². The Morgan fingerprint density at radius 3 is 2.43 bits per heavy atom. The van der Waals surface area contributed by atoms with Gasteiger partial charge in [-0.1, -0.05) is 36.8 Å². The number of carbonyl (C=O) groups excluding carboxylic acids is 1. The molecule has 1 aromatic heterocycles. The first-order valence-corrected chi connectivity index (χ1v) is 10.1. The lowest BCUT2D eigenvalue weighted by Crippen LogP contribution is -2.35. The molecular weight excluding hydrogens is 435 g/mol. The van der Waals surface area contributed by atoms with Gasteiger partial charge >= 0.3 is 6.18 Å². The van der Waals surface area contributed by atoms with E-state index in [-0.39, 0.29) is 22.3 Å². The number of hydrogen-bond acceptors (Lipinski definition) is 2. The lowest BCUT2D eigenvalue weighted by atomic mass is 10.0. The molecule has 28 heavy (non-hydrogen) atoms. The van der Waals surface area contributed by atoms with Crippen LogP contribution in [0.2, 0.25) is 0 Å². The predicted octanol–water partition coefficient (Wildman–Crippen LogP) is 5.68. The van der Waals surface area contributed by atoms with Crippen molar-refractivity contribution >= 4 is 21.8 Å². The highest BCUT2D eigenvalue weighted by molar-refractivity contribution is 9.10. The van der Waals surface area contributed by atoms with Gasteiger partial charge in [0.2, 0.25) is 5.91 Å². The number of nitrogens with one attached hydrogen (secondary N) is 1. The van der Waals surface area contributed by atoms with Gasteiger partial charge in [-0.2, -0.15) is 18.3 Å². The van der Waals surface area contributed by atoms with Crippen LogP contribution in [0.5, 0.6) is 0 Å². The molecule has 2 aromatic rings. The fourth-order valence-corrected chi connectivity index (χ4v) is 4.06. The van der Waals surface area contributed by atoms with Crippen LogP contribution in [0.3, 0.4) is 0 Å². The highest BCUT2D eigenvalue weighted by Crippen LogP contribution is 2.47. The number of halogens is 4. The molecule has 1 fully saturated rings. The van der Waals surface area contributed by atoms with E-state index < -0.39 is 17.9 Å². The first kappa shape index (κ1) is 20.9. The average Bonchev–Trinajstić information content (AvgIpc) is 3.41. The monoisotopic (exact) mass is 457 g/mol. The number of amides is 1. The van der Waals surface area contributed by atoms with Crippen LogP contribution in [-0.4, -0.2) is 15.7 Å². The van der Waals surface area contributed by atoms with Crippen molar-refractivity contribution in [1.82, 2.24) is 15.1 Å². The summed E-state index contributed by atoms with van der Waals surface area (Å²) in [6.07, 6.45) is -2.29. The molecule has 1 amide bonds. The number of alkyl halides is 3. The molecule has 0 spiro atoms. The third-order valence-corrected chi connectivity index (χ3v) is 5.85. The number of carbonyl (C=O) groups is 1. The molecule has 1 aliphatic carbocycles. The maximum Gasteiger partial charge on any atom is 0.436 e. The summed E-state index contributed by atoms with van der Waals surface area (Å²) in [5.41, 5.74) is 1.57. The minimum Gasteiger partial charge on any atom is -0.347 e. The fourth-order valence-electron chi connectivity index (χ4n) is 3.25. The van der Waals surface area contributed by atoms with Crippen LogP contribution in [-0.2, 0) is 11.0 Å². The molecule has 8 heteroatoms. The van der Waals surface area contributed by atoms with Crippen LogP contribution < -0.4 is 5.32 Å². The third kappa shape index (κ3) is 4.26. The van der Waals surface area contributed by atoms with Gasteiger partial charge < -0.3 is 5.32 Å². The largest absolute Gasteiger partial charge is 0.436 e. The second kappa shape index (κ2) is 7.89. The molecule has 1 N–H and O–H groups in total. The minimum absolute atomic E-state index is 0.00676. The average molecular weight is 458 g/mol. The number of aryl methyl sites for hydroxylation is 1. The molecule has 3 rings (SSSR count). The summed E-state index contributed by atoms with van der Waals surface area (Å²) in [5.74, 6) is -0.342. The molecule has 1 aliphatic rings. The lowest BCUT2D eigenvalue weighted by Gasteiger charge is -2.22.